The summed E-state index contributed by atoms with van der Waals surface area (Å²) in [5.41, 5.74) is 1.22. The first-order chi connectivity index (χ1) is 6.36. The third kappa shape index (κ3) is 2.11. The van der Waals surface area contributed by atoms with Crippen molar-refractivity contribution in [3.05, 3.63) is 35.9 Å². The van der Waals surface area contributed by atoms with Gasteiger partial charge in [-0.3, -0.25) is 9.52 Å². The summed E-state index contributed by atoms with van der Waals surface area (Å²) in [5, 5.41) is 0. The normalized spacial score (nSPS) is 22.2. The molecule has 1 saturated heterocycles. The standard InChI is InChI=1S/C10H11NOS/c12-10-7-13-11-9(10)6-8-4-2-1-3-5-8/h1-5,9,11H,6-7H2. The summed E-state index contributed by atoms with van der Waals surface area (Å²) in [6, 6.07) is 10.1. The molecule has 0 bridgehead atoms. The highest BCUT2D eigenvalue weighted by atomic mass is 32.2. The first kappa shape index (κ1) is 8.78. The quantitative estimate of drug-likeness (QED) is 0.720. The summed E-state index contributed by atoms with van der Waals surface area (Å²) in [7, 11) is 0. The van der Waals surface area contributed by atoms with Crippen molar-refractivity contribution >= 4 is 17.7 Å². The van der Waals surface area contributed by atoms with Crippen molar-refractivity contribution in [1.82, 2.24) is 4.72 Å². The lowest BCUT2D eigenvalue weighted by molar-refractivity contribution is -0.117. The summed E-state index contributed by atoms with van der Waals surface area (Å²) < 4.78 is 3.12. The number of benzene rings is 1. The third-order valence-electron chi connectivity index (χ3n) is 2.11. The number of nitrogens with one attached hydrogen (secondary N) is 1. The molecular weight excluding hydrogens is 182 g/mol. The van der Waals surface area contributed by atoms with E-state index >= 15 is 0 Å². The van der Waals surface area contributed by atoms with Crippen molar-refractivity contribution in [2.24, 2.45) is 0 Å². The molecule has 0 saturated carbocycles. The van der Waals surface area contributed by atoms with Crippen molar-refractivity contribution in [2.45, 2.75) is 12.5 Å². The van der Waals surface area contributed by atoms with Gasteiger partial charge in [0.2, 0.25) is 0 Å². The fraction of sp³-hybridized carbons (Fsp3) is 0.300. The van der Waals surface area contributed by atoms with Crippen LogP contribution in [-0.4, -0.2) is 17.6 Å². The molecule has 1 aliphatic rings. The van der Waals surface area contributed by atoms with Crippen LogP contribution < -0.4 is 4.72 Å². The fourth-order valence-electron chi connectivity index (χ4n) is 1.39. The van der Waals surface area contributed by atoms with Crippen LogP contribution in [0.1, 0.15) is 5.56 Å². The second-order valence-corrected chi connectivity index (χ2v) is 3.93. The van der Waals surface area contributed by atoms with E-state index in [0.29, 0.717) is 11.5 Å². The maximum Gasteiger partial charge on any atom is 0.162 e. The largest absolute Gasteiger partial charge is 0.297 e. The van der Waals surface area contributed by atoms with Gasteiger partial charge in [-0.1, -0.05) is 42.3 Å². The van der Waals surface area contributed by atoms with E-state index in [-0.39, 0.29) is 6.04 Å². The van der Waals surface area contributed by atoms with Gasteiger partial charge < -0.3 is 0 Å². The molecule has 2 nitrogen and oxygen atoms in total. The van der Waals surface area contributed by atoms with Crippen molar-refractivity contribution in [2.75, 3.05) is 5.75 Å². The number of carbonyl (C=O) groups is 1. The molecule has 0 radical (unpaired) electrons. The Bertz CT molecular complexity index is 299. The molecule has 1 aromatic carbocycles. The van der Waals surface area contributed by atoms with Gasteiger partial charge in [0.05, 0.1) is 11.8 Å². The molecule has 0 spiro atoms. The number of carbonyl (C=O) groups excluding carboxylic acids is 1. The van der Waals surface area contributed by atoms with Gasteiger partial charge in [-0.15, -0.1) is 0 Å². The molecule has 1 N–H and O–H groups in total. The highest BCUT2D eigenvalue weighted by Crippen LogP contribution is 2.13. The predicted octanol–water partition coefficient (Wildman–Crippen LogP) is 1.42. The van der Waals surface area contributed by atoms with Crippen LogP contribution in [0, 0.1) is 0 Å². The molecule has 0 aromatic heterocycles. The monoisotopic (exact) mass is 193 g/mol. The molecule has 2 rings (SSSR count). The molecule has 68 valence electrons. The summed E-state index contributed by atoms with van der Waals surface area (Å²) in [5.74, 6) is 0.922. The third-order valence-corrected chi connectivity index (χ3v) is 2.99. The fourth-order valence-corrected chi connectivity index (χ4v) is 2.23. The van der Waals surface area contributed by atoms with Crippen LogP contribution in [0.15, 0.2) is 30.3 Å². The van der Waals surface area contributed by atoms with Gasteiger partial charge in [0.15, 0.2) is 5.78 Å². The summed E-state index contributed by atoms with van der Waals surface area (Å²) in [6.45, 7) is 0. The molecule has 13 heavy (non-hydrogen) atoms. The average Bonchev–Trinajstić information content (AvgIpc) is 2.54. The minimum Gasteiger partial charge on any atom is -0.297 e. The lowest BCUT2D eigenvalue weighted by atomic mass is 10.0. The number of hydrogen-bond donors (Lipinski definition) is 1. The zero-order chi connectivity index (χ0) is 9.10. The van der Waals surface area contributed by atoms with Gasteiger partial charge in [0, 0.05) is 0 Å². The molecule has 0 aliphatic carbocycles. The van der Waals surface area contributed by atoms with E-state index in [9.17, 15) is 4.79 Å². The van der Waals surface area contributed by atoms with Crippen molar-refractivity contribution in [1.29, 1.82) is 0 Å². The Kier molecular flexibility index (Phi) is 2.66. The van der Waals surface area contributed by atoms with E-state index in [1.54, 1.807) is 0 Å². The molecule has 1 fully saturated rings. The van der Waals surface area contributed by atoms with Crippen molar-refractivity contribution in [3.8, 4) is 0 Å². The van der Waals surface area contributed by atoms with Crippen LogP contribution in [0.3, 0.4) is 0 Å². The molecule has 3 heteroatoms. The van der Waals surface area contributed by atoms with Gasteiger partial charge >= 0.3 is 0 Å². The molecule has 1 aromatic rings. The molecule has 1 unspecified atom stereocenters. The highest BCUT2D eigenvalue weighted by molar-refractivity contribution is 7.98. The minimum absolute atomic E-state index is 0.0207. The van der Waals surface area contributed by atoms with Crippen LogP contribution in [0.4, 0.5) is 0 Å². The highest BCUT2D eigenvalue weighted by Gasteiger charge is 2.24. The second-order valence-electron chi connectivity index (χ2n) is 3.12. The summed E-state index contributed by atoms with van der Waals surface area (Å²) >= 11 is 1.51. The Balaban J connectivity index is 2.02. The molecule has 1 heterocycles. The predicted molar refractivity (Wildman–Crippen MR) is 54.5 cm³/mol. The van der Waals surface area contributed by atoms with Crippen LogP contribution >= 0.6 is 11.9 Å². The first-order valence-electron chi connectivity index (χ1n) is 4.30. The van der Waals surface area contributed by atoms with E-state index in [2.05, 4.69) is 16.9 Å². The van der Waals surface area contributed by atoms with Gasteiger partial charge in [-0.2, -0.15) is 0 Å². The van der Waals surface area contributed by atoms with Crippen LogP contribution in [0.2, 0.25) is 0 Å². The number of rotatable bonds is 2. The zero-order valence-corrected chi connectivity index (χ0v) is 8.01. The SMILES string of the molecule is O=C1CSNC1Cc1ccccc1. The van der Waals surface area contributed by atoms with Crippen LogP contribution in [0.25, 0.3) is 0 Å². The lowest BCUT2D eigenvalue weighted by Crippen LogP contribution is -2.27. The topological polar surface area (TPSA) is 29.1 Å². The Morgan fingerprint density at radius 1 is 1.38 bits per heavy atom. The lowest BCUT2D eigenvalue weighted by Gasteiger charge is -2.06. The van der Waals surface area contributed by atoms with Gasteiger partial charge in [-0.25, -0.2) is 0 Å². The first-order valence-corrected chi connectivity index (χ1v) is 5.29. The Morgan fingerprint density at radius 3 is 2.77 bits per heavy atom. The number of ketones is 1. The molecular formula is C10H11NOS. The summed E-state index contributed by atoms with van der Waals surface area (Å²) in [6.07, 6.45) is 0.812. The van der Waals surface area contributed by atoms with Gasteiger partial charge in [0.25, 0.3) is 0 Å². The van der Waals surface area contributed by atoms with E-state index in [4.69, 9.17) is 0 Å². The minimum atomic E-state index is 0.0207. The van der Waals surface area contributed by atoms with E-state index in [1.165, 1.54) is 17.5 Å². The Labute approximate surface area is 81.9 Å². The van der Waals surface area contributed by atoms with Gasteiger partial charge in [0.1, 0.15) is 0 Å². The maximum atomic E-state index is 11.3. The van der Waals surface area contributed by atoms with Crippen molar-refractivity contribution in [3.63, 3.8) is 0 Å². The second kappa shape index (κ2) is 3.94. The number of hydrogen-bond acceptors (Lipinski definition) is 3. The zero-order valence-electron chi connectivity index (χ0n) is 7.19. The molecule has 1 atom stereocenters. The Hall–Kier alpha value is -0.800. The van der Waals surface area contributed by atoms with Crippen LogP contribution in [-0.2, 0) is 11.2 Å². The summed E-state index contributed by atoms with van der Waals surface area (Å²) in [4.78, 5) is 11.3. The van der Waals surface area contributed by atoms with E-state index < -0.39 is 0 Å². The number of Topliss-reactive ketones (excluding diaryl/α,β-unsaturated/α-hetero) is 1. The average molecular weight is 193 g/mol. The smallest absolute Gasteiger partial charge is 0.162 e. The van der Waals surface area contributed by atoms with Crippen molar-refractivity contribution < 1.29 is 4.79 Å². The van der Waals surface area contributed by atoms with E-state index in [0.717, 1.165) is 6.42 Å². The van der Waals surface area contributed by atoms with Gasteiger partial charge in [-0.05, 0) is 12.0 Å². The van der Waals surface area contributed by atoms with Crippen LogP contribution in [0.5, 0.6) is 0 Å². The molecule has 1 aliphatic heterocycles. The maximum absolute atomic E-state index is 11.3. The Morgan fingerprint density at radius 2 is 2.15 bits per heavy atom. The molecule has 0 amide bonds. The van der Waals surface area contributed by atoms with E-state index in [1.807, 2.05) is 18.2 Å².